The predicted octanol–water partition coefficient (Wildman–Crippen LogP) is 5.13. The van der Waals surface area contributed by atoms with Crippen molar-refractivity contribution in [1.29, 1.82) is 0 Å². The first-order chi connectivity index (χ1) is 15.7. The number of aromatic nitrogens is 1. The molecule has 1 amide bonds. The number of carbonyl (C=O) groups excluding carboxylic acids is 1. The zero-order chi connectivity index (χ0) is 23.8. The van der Waals surface area contributed by atoms with Gasteiger partial charge in [-0.25, -0.2) is 8.78 Å². The summed E-state index contributed by atoms with van der Waals surface area (Å²) in [7, 11) is 0. The van der Waals surface area contributed by atoms with Crippen molar-refractivity contribution in [2.24, 2.45) is 5.41 Å². The topological polar surface area (TPSA) is 62.5 Å². The zero-order valence-electron chi connectivity index (χ0n) is 18.9. The van der Waals surface area contributed by atoms with Gasteiger partial charge in [0.2, 0.25) is 5.91 Å². The fraction of sp³-hybridized carbons (Fsp3) is 0.385. The fourth-order valence-electron chi connectivity index (χ4n) is 4.57. The molecule has 33 heavy (non-hydrogen) atoms. The van der Waals surface area contributed by atoms with Crippen LogP contribution in [0.25, 0.3) is 10.9 Å². The molecular weight excluding hydrogens is 426 g/mol. The summed E-state index contributed by atoms with van der Waals surface area (Å²) in [6.07, 6.45) is 1.81. The predicted molar refractivity (Wildman–Crippen MR) is 122 cm³/mol. The van der Waals surface area contributed by atoms with Gasteiger partial charge in [0.15, 0.2) is 0 Å². The molecule has 1 aliphatic rings. The van der Waals surface area contributed by atoms with E-state index in [0.717, 1.165) is 27.7 Å². The molecule has 1 aromatic heterocycles. The maximum Gasteiger partial charge on any atom is 0.309 e. The van der Waals surface area contributed by atoms with Crippen LogP contribution in [0.4, 0.5) is 8.78 Å². The van der Waals surface area contributed by atoms with Crippen molar-refractivity contribution >= 4 is 22.8 Å². The average Bonchev–Trinajstić information content (AvgIpc) is 3.05. The van der Waals surface area contributed by atoms with Crippen molar-refractivity contribution in [1.82, 2.24) is 9.47 Å². The lowest BCUT2D eigenvalue weighted by atomic mass is 9.87. The number of benzene rings is 2. The van der Waals surface area contributed by atoms with Gasteiger partial charge >= 0.3 is 5.97 Å². The van der Waals surface area contributed by atoms with Crippen LogP contribution >= 0.6 is 0 Å². The molecule has 4 rings (SSSR count). The van der Waals surface area contributed by atoms with Crippen LogP contribution in [0.5, 0.6) is 0 Å². The summed E-state index contributed by atoms with van der Waals surface area (Å²) >= 11 is 0. The first kappa shape index (κ1) is 23.0. The molecule has 2 aromatic carbocycles. The van der Waals surface area contributed by atoms with Gasteiger partial charge in [-0.05, 0) is 74.6 Å². The van der Waals surface area contributed by atoms with Crippen LogP contribution in [-0.4, -0.2) is 33.0 Å². The smallest absolute Gasteiger partial charge is 0.309 e. The van der Waals surface area contributed by atoms with Gasteiger partial charge in [0.25, 0.3) is 0 Å². The van der Waals surface area contributed by atoms with E-state index in [2.05, 4.69) is 0 Å². The summed E-state index contributed by atoms with van der Waals surface area (Å²) in [5.74, 6) is -1.51. The van der Waals surface area contributed by atoms with Gasteiger partial charge in [-0.15, -0.1) is 0 Å². The monoisotopic (exact) mass is 454 g/mol. The van der Waals surface area contributed by atoms with Gasteiger partial charge in [-0.2, -0.15) is 0 Å². The van der Waals surface area contributed by atoms with Gasteiger partial charge in [0, 0.05) is 36.1 Å². The number of nitrogens with zero attached hydrogens (tertiary/aromatic N) is 2. The quantitative estimate of drug-likeness (QED) is 0.538. The number of carboxylic acids is 1. The highest BCUT2D eigenvalue weighted by Crippen LogP contribution is 2.33. The number of rotatable bonds is 7. The van der Waals surface area contributed by atoms with E-state index in [4.69, 9.17) is 0 Å². The number of hydrogen-bond acceptors (Lipinski definition) is 2. The van der Waals surface area contributed by atoms with Crippen molar-refractivity contribution < 1.29 is 23.5 Å². The Labute approximate surface area is 191 Å². The Morgan fingerprint density at radius 3 is 2.58 bits per heavy atom. The highest BCUT2D eigenvalue weighted by molar-refractivity contribution is 5.87. The number of aliphatic carboxylic acids is 1. The van der Waals surface area contributed by atoms with Crippen LogP contribution in [0.15, 0.2) is 42.5 Å². The standard InChI is InChI=1S/C26H28F2N2O3/c1-26(2,25(32)33)11-4-7-24(31)29-12-10-20-21-14-19(28)8-9-22(21)30(23(20)16-29)15-17-5-3-6-18(27)13-17/h3,5-6,8-9,13-14H,4,7,10-12,15-16H2,1-2H3,(H,32,33). The lowest BCUT2D eigenvalue weighted by molar-refractivity contribution is -0.147. The van der Waals surface area contributed by atoms with E-state index in [0.29, 0.717) is 38.9 Å². The second-order valence-electron chi connectivity index (χ2n) is 9.41. The van der Waals surface area contributed by atoms with E-state index >= 15 is 0 Å². The number of hydrogen-bond donors (Lipinski definition) is 1. The SMILES string of the molecule is CC(C)(CCCC(=O)N1CCc2c(n(Cc3cccc(F)c3)c3ccc(F)cc23)C1)C(=O)O. The van der Waals surface area contributed by atoms with Crippen LogP contribution in [0.3, 0.4) is 0 Å². The molecule has 0 aliphatic carbocycles. The van der Waals surface area contributed by atoms with Crippen LogP contribution < -0.4 is 0 Å². The molecule has 5 nitrogen and oxygen atoms in total. The van der Waals surface area contributed by atoms with Crippen molar-refractivity contribution in [3.8, 4) is 0 Å². The summed E-state index contributed by atoms with van der Waals surface area (Å²) in [5, 5.41) is 10.1. The van der Waals surface area contributed by atoms with Gasteiger partial charge in [0.1, 0.15) is 11.6 Å². The highest BCUT2D eigenvalue weighted by atomic mass is 19.1. The molecule has 0 radical (unpaired) electrons. The molecule has 0 bridgehead atoms. The van der Waals surface area contributed by atoms with E-state index < -0.39 is 11.4 Å². The number of halogens is 2. The Morgan fingerprint density at radius 2 is 1.85 bits per heavy atom. The Bertz CT molecular complexity index is 1220. The molecule has 0 unspecified atom stereocenters. The van der Waals surface area contributed by atoms with E-state index in [1.165, 1.54) is 24.3 Å². The largest absolute Gasteiger partial charge is 0.481 e. The van der Waals surface area contributed by atoms with Crippen LogP contribution in [0.1, 0.15) is 49.9 Å². The molecule has 0 spiro atoms. The van der Waals surface area contributed by atoms with Gasteiger partial charge in [0.05, 0.1) is 12.0 Å². The summed E-state index contributed by atoms with van der Waals surface area (Å²) in [5.41, 5.74) is 2.75. The van der Waals surface area contributed by atoms with Crippen molar-refractivity contribution in [2.75, 3.05) is 6.54 Å². The molecule has 1 aliphatic heterocycles. The van der Waals surface area contributed by atoms with Gasteiger partial charge in [-0.3, -0.25) is 9.59 Å². The van der Waals surface area contributed by atoms with E-state index in [1.807, 2.05) is 10.6 Å². The number of carbonyl (C=O) groups is 2. The maximum atomic E-state index is 14.0. The Morgan fingerprint density at radius 1 is 1.09 bits per heavy atom. The maximum absolute atomic E-state index is 14.0. The van der Waals surface area contributed by atoms with Crippen LogP contribution in [-0.2, 0) is 29.1 Å². The number of carboxylic acid groups (broad SMARTS) is 1. The van der Waals surface area contributed by atoms with Crippen molar-refractivity contribution in [2.45, 2.75) is 52.6 Å². The second-order valence-corrected chi connectivity index (χ2v) is 9.41. The molecule has 7 heteroatoms. The van der Waals surface area contributed by atoms with E-state index in [9.17, 15) is 23.5 Å². The Balaban J connectivity index is 1.58. The minimum absolute atomic E-state index is 0.0180. The highest BCUT2D eigenvalue weighted by Gasteiger charge is 2.29. The fourth-order valence-corrected chi connectivity index (χ4v) is 4.57. The summed E-state index contributed by atoms with van der Waals surface area (Å²) in [4.78, 5) is 26.0. The van der Waals surface area contributed by atoms with Crippen LogP contribution in [0.2, 0.25) is 0 Å². The molecule has 174 valence electrons. The third kappa shape index (κ3) is 4.77. The first-order valence-corrected chi connectivity index (χ1v) is 11.2. The van der Waals surface area contributed by atoms with E-state index in [-0.39, 0.29) is 24.0 Å². The minimum atomic E-state index is -0.869. The summed E-state index contributed by atoms with van der Waals surface area (Å²) in [6.45, 7) is 4.67. The first-order valence-electron chi connectivity index (χ1n) is 11.2. The normalized spacial score (nSPS) is 13.9. The molecular formula is C26H28F2N2O3. The molecule has 1 N–H and O–H groups in total. The number of fused-ring (bicyclic) bond motifs is 3. The zero-order valence-corrected chi connectivity index (χ0v) is 18.9. The average molecular weight is 455 g/mol. The second kappa shape index (κ2) is 8.96. The molecule has 0 saturated heterocycles. The summed E-state index contributed by atoms with van der Waals surface area (Å²) in [6, 6.07) is 11.1. The van der Waals surface area contributed by atoms with Gasteiger partial charge < -0.3 is 14.6 Å². The molecule has 3 aromatic rings. The lowest BCUT2D eigenvalue weighted by Gasteiger charge is -2.29. The lowest BCUT2D eigenvalue weighted by Crippen LogP contribution is -2.36. The van der Waals surface area contributed by atoms with Crippen molar-refractivity contribution in [3.05, 3.63) is 70.9 Å². The Kier molecular flexibility index (Phi) is 6.23. The third-order valence-electron chi connectivity index (χ3n) is 6.57. The van der Waals surface area contributed by atoms with Crippen LogP contribution in [0, 0.1) is 17.0 Å². The Hall–Kier alpha value is -3.22. The molecule has 0 saturated carbocycles. The minimum Gasteiger partial charge on any atom is -0.481 e. The van der Waals surface area contributed by atoms with E-state index in [1.54, 1.807) is 30.9 Å². The molecule has 0 fully saturated rings. The van der Waals surface area contributed by atoms with Gasteiger partial charge in [-0.1, -0.05) is 12.1 Å². The summed E-state index contributed by atoms with van der Waals surface area (Å²) < 4.78 is 29.8. The third-order valence-corrected chi connectivity index (χ3v) is 6.57. The molecule has 0 atom stereocenters. The number of amides is 1. The van der Waals surface area contributed by atoms with Crippen molar-refractivity contribution in [3.63, 3.8) is 0 Å². The molecule has 2 heterocycles.